The van der Waals surface area contributed by atoms with Crippen LogP contribution in [0.3, 0.4) is 0 Å². The molecule has 0 saturated heterocycles. The Balaban J connectivity index is 2.25. The Morgan fingerprint density at radius 3 is 2.48 bits per heavy atom. The first-order chi connectivity index (χ1) is 10.2. The van der Waals surface area contributed by atoms with Gasteiger partial charge in [0.25, 0.3) is 0 Å². The topological polar surface area (TPSA) is 82.0 Å². The lowest BCUT2D eigenvalue weighted by molar-refractivity contribution is 0.100. The minimum Gasteiger partial charge on any atom is -0.399 e. The van der Waals surface area contributed by atoms with Crippen LogP contribution >= 0.6 is 0 Å². The highest BCUT2D eigenvalue weighted by Gasteiger charge is 2.12. The summed E-state index contributed by atoms with van der Waals surface area (Å²) in [5.74, 6) is -0.0923. The smallest absolute Gasteiger partial charge is 0.177 e. The van der Waals surface area contributed by atoms with Crippen LogP contribution in [0.1, 0.15) is 10.4 Å². The van der Waals surface area contributed by atoms with Gasteiger partial charge in [0.2, 0.25) is 0 Å². The van der Waals surface area contributed by atoms with Crippen LogP contribution < -0.4 is 11.5 Å². The van der Waals surface area contributed by atoms with Gasteiger partial charge in [-0.3, -0.25) is 4.79 Å². The van der Waals surface area contributed by atoms with Gasteiger partial charge in [-0.15, -0.1) is 0 Å². The molecule has 4 nitrogen and oxygen atoms in total. The fourth-order valence-electron chi connectivity index (χ4n) is 2.32. The summed E-state index contributed by atoms with van der Waals surface area (Å²) in [4.78, 5) is 16.7. The summed E-state index contributed by atoms with van der Waals surface area (Å²) >= 11 is 0. The average Bonchev–Trinajstić information content (AvgIpc) is 2.53. The third kappa shape index (κ3) is 2.49. The maximum Gasteiger partial charge on any atom is 0.177 e. The zero-order valence-electron chi connectivity index (χ0n) is 11.4. The van der Waals surface area contributed by atoms with E-state index in [-0.39, 0.29) is 12.3 Å². The number of ketones is 1. The van der Waals surface area contributed by atoms with Gasteiger partial charge in [-0.1, -0.05) is 30.3 Å². The molecule has 0 bridgehead atoms. The van der Waals surface area contributed by atoms with Crippen LogP contribution in [0, 0.1) is 0 Å². The van der Waals surface area contributed by atoms with E-state index < -0.39 is 0 Å². The van der Waals surface area contributed by atoms with Gasteiger partial charge < -0.3 is 11.5 Å². The molecular weight excluding hydrogens is 262 g/mol. The number of para-hydroxylation sites is 1. The van der Waals surface area contributed by atoms with Crippen molar-refractivity contribution < 1.29 is 4.79 Å². The van der Waals surface area contributed by atoms with E-state index in [2.05, 4.69) is 4.98 Å². The van der Waals surface area contributed by atoms with Crippen LogP contribution in [0.25, 0.3) is 22.2 Å². The van der Waals surface area contributed by atoms with E-state index in [9.17, 15) is 4.79 Å². The van der Waals surface area contributed by atoms with Crippen molar-refractivity contribution in [3.8, 4) is 11.3 Å². The fraction of sp³-hybridized carbons (Fsp3) is 0.0588. The molecule has 3 aromatic rings. The second-order valence-electron chi connectivity index (χ2n) is 4.82. The lowest BCUT2D eigenvalue weighted by Crippen LogP contribution is -2.14. The zero-order valence-corrected chi connectivity index (χ0v) is 11.4. The van der Waals surface area contributed by atoms with E-state index in [1.165, 1.54) is 0 Å². The predicted octanol–water partition coefficient (Wildman–Crippen LogP) is 2.63. The molecule has 1 heterocycles. The quantitative estimate of drug-likeness (QED) is 0.569. The van der Waals surface area contributed by atoms with Crippen molar-refractivity contribution in [2.24, 2.45) is 5.73 Å². The van der Waals surface area contributed by atoms with Gasteiger partial charge in [-0.05, 0) is 24.3 Å². The molecule has 0 radical (unpaired) electrons. The van der Waals surface area contributed by atoms with Crippen LogP contribution in [0.2, 0.25) is 0 Å². The molecule has 4 N–H and O–H groups in total. The number of nitrogen functional groups attached to an aromatic ring is 1. The Kier molecular flexibility index (Phi) is 3.38. The van der Waals surface area contributed by atoms with Crippen LogP contribution in [0.5, 0.6) is 0 Å². The summed E-state index contributed by atoms with van der Waals surface area (Å²) in [6.07, 6.45) is 0. The SMILES string of the molecule is NCC(=O)c1cc(-c2ccc(N)cc2)nc2ccccc12. The summed E-state index contributed by atoms with van der Waals surface area (Å²) in [5.41, 5.74) is 15.0. The number of hydrogen-bond acceptors (Lipinski definition) is 4. The van der Waals surface area contributed by atoms with Crippen LogP contribution in [-0.4, -0.2) is 17.3 Å². The first kappa shape index (κ1) is 13.3. The molecule has 4 heteroatoms. The Morgan fingerprint density at radius 2 is 1.76 bits per heavy atom. The van der Waals surface area contributed by atoms with Crippen molar-refractivity contribution in [2.75, 3.05) is 12.3 Å². The normalized spacial score (nSPS) is 10.7. The Labute approximate surface area is 122 Å². The van der Waals surface area contributed by atoms with E-state index in [0.717, 1.165) is 22.2 Å². The number of hydrogen-bond donors (Lipinski definition) is 2. The Bertz CT molecular complexity index is 810. The van der Waals surface area contributed by atoms with Crippen molar-refractivity contribution >= 4 is 22.4 Å². The molecule has 1 aromatic heterocycles. The van der Waals surface area contributed by atoms with E-state index in [4.69, 9.17) is 11.5 Å². The van der Waals surface area contributed by atoms with E-state index >= 15 is 0 Å². The molecule has 21 heavy (non-hydrogen) atoms. The third-order valence-corrected chi connectivity index (χ3v) is 3.41. The first-order valence-electron chi connectivity index (χ1n) is 6.68. The predicted molar refractivity (Wildman–Crippen MR) is 85.0 cm³/mol. The molecule has 104 valence electrons. The van der Waals surface area contributed by atoms with Crippen molar-refractivity contribution in [2.45, 2.75) is 0 Å². The molecule has 0 unspecified atom stereocenters. The number of Topliss-reactive ketones (excluding diaryl/α,β-unsaturated/α-hetero) is 1. The van der Waals surface area contributed by atoms with Crippen LogP contribution in [0.4, 0.5) is 5.69 Å². The maximum absolute atomic E-state index is 12.1. The highest BCUT2D eigenvalue weighted by molar-refractivity contribution is 6.09. The second-order valence-corrected chi connectivity index (χ2v) is 4.82. The number of benzene rings is 2. The summed E-state index contributed by atoms with van der Waals surface area (Å²) in [6.45, 7) is -0.0187. The number of rotatable bonds is 3. The molecule has 0 fully saturated rings. The van der Waals surface area contributed by atoms with Gasteiger partial charge in [-0.25, -0.2) is 4.98 Å². The van der Waals surface area contributed by atoms with Gasteiger partial charge >= 0.3 is 0 Å². The number of anilines is 1. The Morgan fingerprint density at radius 1 is 1.05 bits per heavy atom. The number of aromatic nitrogens is 1. The fourth-order valence-corrected chi connectivity index (χ4v) is 2.32. The van der Waals surface area contributed by atoms with E-state index in [0.29, 0.717) is 11.3 Å². The monoisotopic (exact) mass is 277 g/mol. The summed E-state index contributed by atoms with van der Waals surface area (Å²) < 4.78 is 0. The molecule has 0 atom stereocenters. The highest BCUT2D eigenvalue weighted by Crippen LogP contribution is 2.25. The summed E-state index contributed by atoms with van der Waals surface area (Å²) in [5, 5.41) is 0.826. The van der Waals surface area contributed by atoms with Crippen molar-refractivity contribution in [3.05, 3.63) is 60.2 Å². The first-order valence-corrected chi connectivity index (χ1v) is 6.68. The molecule has 0 saturated carbocycles. The van der Waals surface area contributed by atoms with Crippen molar-refractivity contribution in [1.82, 2.24) is 4.98 Å². The third-order valence-electron chi connectivity index (χ3n) is 3.41. The maximum atomic E-state index is 12.1. The Hall–Kier alpha value is -2.72. The molecule has 0 aliphatic rings. The minimum absolute atomic E-state index is 0.0187. The van der Waals surface area contributed by atoms with Gasteiger partial charge in [-0.2, -0.15) is 0 Å². The largest absolute Gasteiger partial charge is 0.399 e. The molecule has 0 amide bonds. The van der Waals surface area contributed by atoms with Gasteiger partial charge in [0, 0.05) is 22.2 Å². The van der Waals surface area contributed by atoms with Crippen LogP contribution in [-0.2, 0) is 0 Å². The van der Waals surface area contributed by atoms with E-state index in [1.54, 1.807) is 6.07 Å². The lowest BCUT2D eigenvalue weighted by atomic mass is 10.0. The van der Waals surface area contributed by atoms with Crippen LogP contribution in [0.15, 0.2) is 54.6 Å². The van der Waals surface area contributed by atoms with Gasteiger partial charge in [0.15, 0.2) is 5.78 Å². The van der Waals surface area contributed by atoms with Gasteiger partial charge in [0.1, 0.15) is 0 Å². The summed E-state index contributed by atoms with van der Waals surface area (Å²) in [6, 6.07) is 16.8. The molecule has 2 aromatic carbocycles. The number of pyridine rings is 1. The van der Waals surface area contributed by atoms with Crippen molar-refractivity contribution in [1.29, 1.82) is 0 Å². The number of nitrogens with two attached hydrogens (primary N) is 2. The number of fused-ring (bicyclic) bond motifs is 1. The number of carbonyl (C=O) groups is 1. The summed E-state index contributed by atoms with van der Waals surface area (Å²) in [7, 11) is 0. The minimum atomic E-state index is -0.0923. The number of nitrogens with zero attached hydrogens (tertiary/aromatic N) is 1. The molecular formula is C17H15N3O. The lowest BCUT2D eigenvalue weighted by Gasteiger charge is -2.08. The highest BCUT2D eigenvalue weighted by atomic mass is 16.1. The second kappa shape index (κ2) is 5.34. The average molecular weight is 277 g/mol. The van der Waals surface area contributed by atoms with Gasteiger partial charge in [0.05, 0.1) is 17.8 Å². The molecule has 0 spiro atoms. The van der Waals surface area contributed by atoms with E-state index in [1.807, 2.05) is 48.5 Å². The standard InChI is InChI=1S/C17H15N3O/c18-10-17(21)14-9-16(11-5-7-12(19)8-6-11)20-15-4-2-1-3-13(14)15/h1-9H,10,18-19H2. The number of carbonyl (C=O) groups excluding carboxylic acids is 1. The zero-order chi connectivity index (χ0) is 14.8. The molecule has 3 rings (SSSR count). The van der Waals surface area contributed by atoms with Crippen molar-refractivity contribution in [3.63, 3.8) is 0 Å². The molecule has 0 aliphatic carbocycles. The molecule has 0 aliphatic heterocycles.